The topological polar surface area (TPSA) is 52.6 Å². The molecule has 4 heteroatoms. The molecule has 1 aliphatic heterocycles. The molecule has 2 atom stereocenters. The highest BCUT2D eigenvalue weighted by molar-refractivity contribution is 5.94. The molecule has 0 unspecified atom stereocenters. The van der Waals surface area contributed by atoms with Crippen LogP contribution in [0.25, 0.3) is 0 Å². The van der Waals surface area contributed by atoms with E-state index in [1.54, 1.807) is 12.2 Å². The van der Waals surface area contributed by atoms with Gasteiger partial charge in [-0.15, -0.1) is 6.58 Å². The quantitative estimate of drug-likeness (QED) is 0.513. The smallest absolute Gasteiger partial charge is 0.302 e. The average Bonchev–Trinajstić information content (AvgIpc) is 2.19. The first-order chi connectivity index (χ1) is 7.13. The van der Waals surface area contributed by atoms with Gasteiger partial charge in [0, 0.05) is 6.92 Å². The molecule has 82 valence electrons. The van der Waals surface area contributed by atoms with Crippen molar-refractivity contribution in [2.75, 3.05) is 6.61 Å². The monoisotopic (exact) mass is 210 g/mol. The van der Waals surface area contributed by atoms with E-state index in [0.717, 1.165) is 0 Å². The molecular formula is C11H14O4. The zero-order chi connectivity index (χ0) is 11.3. The highest BCUT2D eigenvalue weighted by Gasteiger charge is 2.24. The Bertz CT molecular complexity index is 293. The first-order valence-corrected chi connectivity index (χ1v) is 4.75. The molecule has 0 aliphatic carbocycles. The van der Waals surface area contributed by atoms with Crippen LogP contribution in [-0.4, -0.2) is 30.6 Å². The van der Waals surface area contributed by atoms with Crippen molar-refractivity contribution in [2.24, 2.45) is 0 Å². The SMILES string of the molecule is C=CC[C@@H]1O[C@H](COC(C)=O)C=CC1=O. The summed E-state index contributed by atoms with van der Waals surface area (Å²) in [6, 6.07) is 0. The minimum atomic E-state index is -0.493. The molecule has 0 spiro atoms. The molecule has 1 heterocycles. The van der Waals surface area contributed by atoms with Crippen LogP contribution in [-0.2, 0) is 19.1 Å². The van der Waals surface area contributed by atoms with Crippen molar-refractivity contribution in [3.63, 3.8) is 0 Å². The van der Waals surface area contributed by atoms with E-state index in [-0.39, 0.29) is 24.5 Å². The first-order valence-electron chi connectivity index (χ1n) is 4.75. The fraction of sp³-hybridized carbons (Fsp3) is 0.455. The van der Waals surface area contributed by atoms with Gasteiger partial charge in [0.15, 0.2) is 5.78 Å². The molecule has 0 amide bonds. The molecule has 4 nitrogen and oxygen atoms in total. The second kappa shape index (κ2) is 5.46. The summed E-state index contributed by atoms with van der Waals surface area (Å²) in [5.41, 5.74) is 0. The van der Waals surface area contributed by atoms with Crippen LogP contribution in [0.1, 0.15) is 13.3 Å². The van der Waals surface area contributed by atoms with Gasteiger partial charge in [-0.2, -0.15) is 0 Å². The average molecular weight is 210 g/mol. The molecule has 0 saturated heterocycles. The van der Waals surface area contributed by atoms with E-state index in [1.807, 2.05) is 0 Å². The molecule has 0 bridgehead atoms. The van der Waals surface area contributed by atoms with E-state index in [2.05, 4.69) is 6.58 Å². The fourth-order valence-corrected chi connectivity index (χ4v) is 1.25. The number of hydrogen-bond acceptors (Lipinski definition) is 4. The third-order valence-corrected chi connectivity index (χ3v) is 1.96. The van der Waals surface area contributed by atoms with Crippen molar-refractivity contribution in [3.8, 4) is 0 Å². The van der Waals surface area contributed by atoms with Crippen LogP contribution in [0, 0.1) is 0 Å². The number of hydrogen-bond donors (Lipinski definition) is 0. The van der Waals surface area contributed by atoms with Crippen LogP contribution >= 0.6 is 0 Å². The first kappa shape index (κ1) is 11.7. The van der Waals surface area contributed by atoms with Crippen LogP contribution in [0.4, 0.5) is 0 Å². The van der Waals surface area contributed by atoms with E-state index < -0.39 is 6.10 Å². The molecule has 1 rings (SSSR count). The van der Waals surface area contributed by atoms with Gasteiger partial charge in [-0.05, 0) is 18.6 Å². The highest BCUT2D eigenvalue weighted by Crippen LogP contribution is 2.13. The van der Waals surface area contributed by atoms with E-state index in [1.165, 1.54) is 13.0 Å². The lowest BCUT2D eigenvalue weighted by Gasteiger charge is -2.23. The molecule has 0 fully saturated rings. The fourth-order valence-electron chi connectivity index (χ4n) is 1.25. The van der Waals surface area contributed by atoms with Gasteiger partial charge in [0.25, 0.3) is 0 Å². The zero-order valence-electron chi connectivity index (χ0n) is 8.64. The summed E-state index contributed by atoms with van der Waals surface area (Å²) in [5, 5.41) is 0. The van der Waals surface area contributed by atoms with E-state index in [9.17, 15) is 9.59 Å². The lowest BCUT2D eigenvalue weighted by molar-refractivity contribution is -0.147. The maximum absolute atomic E-state index is 11.3. The largest absolute Gasteiger partial charge is 0.463 e. The Balaban J connectivity index is 2.48. The minimum absolute atomic E-state index is 0.0750. The van der Waals surface area contributed by atoms with E-state index in [4.69, 9.17) is 9.47 Å². The summed E-state index contributed by atoms with van der Waals surface area (Å²) in [6.45, 7) is 5.02. The van der Waals surface area contributed by atoms with Crippen LogP contribution in [0.15, 0.2) is 24.8 Å². The lowest BCUT2D eigenvalue weighted by atomic mass is 10.1. The lowest BCUT2D eigenvalue weighted by Crippen LogP contribution is -2.34. The predicted octanol–water partition coefficient (Wildman–Crippen LogP) is 1.02. The second-order valence-corrected chi connectivity index (χ2v) is 3.25. The molecule has 0 aromatic heterocycles. The predicted molar refractivity (Wildman–Crippen MR) is 54.3 cm³/mol. The number of ketones is 1. The van der Waals surface area contributed by atoms with Crippen LogP contribution in [0.5, 0.6) is 0 Å². The van der Waals surface area contributed by atoms with Gasteiger partial charge < -0.3 is 9.47 Å². The van der Waals surface area contributed by atoms with Crippen molar-refractivity contribution in [1.82, 2.24) is 0 Å². The van der Waals surface area contributed by atoms with Crippen molar-refractivity contribution in [2.45, 2.75) is 25.6 Å². The van der Waals surface area contributed by atoms with Crippen LogP contribution < -0.4 is 0 Å². The number of rotatable bonds is 4. The number of carbonyl (C=O) groups is 2. The molecular weight excluding hydrogens is 196 g/mol. The number of esters is 1. The minimum Gasteiger partial charge on any atom is -0.463 e. The van der Waals surface area contributed by atoms with Gasteiger partial charge in [0.05, 0.1) is 0 Å². The van der Waals surface area contributed by atoms with Crippen LogP contribution in [0.2, 0.25) is 0 Å². The maximum Gasteiger partial charge on any atom is 0.302 e. The molecule has 0 aromatic carbocycles. The Kier molecular flexibility index (Phi) is 4.24. The molecule has 0 aromatic rings. The summed E-state index contributed by atoms with van der Waals surface area (Å²) >= 11 is 0. The summed E-state index contributed by atoms with van der Waals surface area (Å²) < 4.78 is 10.2. The Labute approximate surface area is 88.6 Å². The normalized spacial score (nSPS) is 25.0. The molecule has 15 heavy (non-hydrogen) atoms. The number of carbonyl (C=O) groups excluding carboxylic acids is 2. The maximum atomic E-state index is 11.3. The van der Waals surface area contributed by atoms with Crippen molar-refractivity contribution in [3.05, 3.63) is 24.8 Å². The Morgan fingerprint density at radius 3 is 3.07 bits per heavy atom. The Hall–Kier alpha value is -1.42. The van der Waals surface area contributed by atoms with Gasteiger partial charge in [-0.1, -0.05) is 6.08 Å². The third kappa shape index (κ3) is 3.67. The van der Waals surface area contributed by atoms with Gasteiger partial charge in [-0.3, -0.25) is 9.59 Å². The highest BCUT2D eigenvalue weighted by atomic mass is 16.6. The summed E-state index contributed by atoms with van der Waals surface area (Å²) in [5.74, 6) is -0.432. The molecule has 1 aliphatic rings. The standard InChI is InChI=1S/C11H14O4/c1-3-4-11-10(13)6-5-9(15-11)7-14-8(2)12/h3,5-6,9,11H,1,4,7H2,2H3/t9-,11-/m0/s1. The Morgan fingerprint density at radius 2 is 2.47 bits per heavy atom. The third-order valence-electron chi connectivity index (χ3n) is 1.96. The molecule has 0 radical (unpaired) electrons. The van der Waals surface area contributed by atoms with Gasteiger partial charge in [-0.25, -0.2) is 0 Å². The van der Waals surface area contributed by atoms with E-state index in [0.29, 0.717) is 6.42 Å². The van der Waals surface area contributed by atoms with Crippen molar-refractivity contribution >= 4 is 11.8 Å². The van der Waals surface area contributed by atoms with Gasteiger partial charge in [0.1, 0.15) is 18.8 Å². The summed E-state index contributed by atoms with van der Waals surface area (Å²) in [4.78, 5) is 21.9. The van der Waals surface area contributed by atoms with Crippen LogP contribution in [0.3, 0.4) is 0 Å². The summed E-state index contributed by atoms with van der Waals surface area (Å²) in [6.07, 6.45) is 4.34. The van der Waals surface area contributed by atoms with E-state index >= 15 is 0 Å². The van der Waals surface area contributed by atoms with Crippen molar-refractivity contribution in [1.29, 1.82) is 0 Å². The Morgan fingerprint density at radius 1 is 1.73 bits per heavy atom. The second-order valence-electron chi connectivity index (χ2n) is 3.25. The molecule has 0 N–H and O–H groups in total. The van der Waals surface area contributed by atoms with Crippen molar-refractivity contribution < 1.29 is 19.1 Å². The molecule has 0 saturated carbocycles. The summed E-state index contributed by atoms with van der Waals surface area (Å²) in [7, 11) is 0. The zero-order valence-corrected chi connectivity index (χ0v) is 8.64. The number of ether oxygens (including phenoxy) is 2. The van der Waals surface area contributed by atoms with Gasteiger partial charge >= 0.3 is 5.97 Å². The van der Waals surface area contributed by atoms with Gasteiger partial charge in [0.2, 0.25) is 0 Å².